The molecule has 40 heavy (non-hydrogen) atoms. The Morgan fingerprint density at radius 1 is 1.02 bits per heavy atom. The SMILES string of the molecule is COc1ccc(-c2cn3ccccc3n2)c(CNC(=O)c2cn(Cc3cn4cc(C5CC5)ccc4n3)nn2)c1F. The summed E-state index contributed by atoms with van der Waals surface area (Å²) in [5.74, 6) is -0.289. The van der Waals surface area contributed by atoms with Crippen molar-refractivity contribution in [1.82, 2.24) is 39.1 Å². The second kappa shape index (κ2) is 9.60. The van der Waals surface area contributed by atoms with Crippen LogP contribution >= 0.6 is 0 Å². The molecule has 1 aliphatic rings. The van der Waals surface area contributed by atoms with Crippen LogP contribution in [0, 0.1) is 5.82 Å². The maximum atomic E-state index is 15.4. The van der Waals surface area contributed by atoms with Crippen molar-refractivity contribution in [2.45, 2.75) is 31.8 Å². The second-order valence-corrected chi connectivity index (χ2v) is 9.92. The average Bonchev–Trinajstić information content (AvgIpc) is 3.36. The smallest absolute Gasteiger partial charge is 0.273 e. The van der Waals surface area contributed by atoms with Crippen molar-refractivity contribution in [1.29, 1.82) is 0 Å². The molecule has 7 rings (SSSR count). The van der Waals surface area contributed by atoms with E-state index in [1.807, 2.05) is 51.7 Å². The Morgan fingerprint density at radius 2 is 1.90 bits per heavy atom. The maximum absolute atomic E-state index is 15.4. The Labute approximate surface area is 228 Å². The number of carbonyl (C=O) groups excluding carboxylic acids is 1. The summed E-state index contributed by atoms with van der Waals surface area (Å²) in [7, 11) is 1.40. The van der Waals surface area contributed by atoms with E-state index in [4.69, 9.17) is 4.74 Å². The van der Waals surface area contributed by atoms with Crippen molar-refractivity contribution >= 4 is 17.2 Å². The number of benzene rings is 1. The van der Waals surface area contributed by atoms with E-state index in [1.54, 1.807) is 23.0 Å². The fraction of sp³-hybridized carbons (Fsp3) is 0.207. The monoisotopic (exact) mass is 536 g/mol. The number of halogens is 1. The Bertz CT molecular complexity index is 1850. The minimum atomic E-state index is -0.558. The third-order valence-corrected chi connectivity index (χ3v) is 7.16. The summed E-state index contributed by atoms with van der Waals surface area (Å²) in [6.45, 7) is 0.275. The molecule has 200 valence electrons. The third kappa shape index (κ3) is 4.45. The van der Waals surface area contributed by atoms with E-state index in [2.05, 4.69) is 37.9 Å². The molecule has 1 aromatic carbocycles. The molecule has 0 saturated heterocycles. The molecule has 0 unspecified atom stereocenters. The quantitative estimate of drug-likeness (QED) is 0.312. The molecule has 5 heterocycles. The number of fused-ring (bicyclic) bond motifs is 2. The number of methoxy groups -OCH3 is 1. The molecular weight excluding hydrogens is 511 g/mol. The summed E-state index contributed by atoms with van der Waals surface area (Å²) >= 11 is 0. The summed E-state index contributed by atoms with van der Waals surface area (Å²) in [4.78, 5) is 22.2. The number of nitrogens with zero attached hydrogens (tertiary/aromatic N) is 7. The number of ether oxygens (including phenoxy) is 1. The average molecular weight is 537 g/mol. The van der Waals surface area contributed by atoms with Crippen molar-refractivity contribution in [3.8, 4) is 17.0 Å². The van der Waals surface area contributed by atoms with Crippen LogP contribution in [0.4, 0.5) is 4.39 Å². The fourth-order valence-electron chi connectivity index (χ4n) is 4.94. The molecular formula is C29H25FN8O2. The standard InChI is InChI=1S/C29H25FN8O2/c1-40-25-9-8-21(23-16-36-11-3-2-4-26(36)33-23)22(28(25)30)12-31-29(39)24-17-38(35-34-24)15-20-14-37-13-19(18-5-6-18)7-10-27(37)32-20/h2-4,7-11,13-14,16-18H,5-6,12,15H2,1H3,(H,31,39). The number of nitrogens with one attached hydrogen (secondary N) is 1. The molecule has 11 heteroatoms. The van der Waals surface area contributed by atoms with Gasteiger partial charge in [0.15, 0.2) is 17.3 Å². The van der Waals surface area contributed by atoms with E-state index in [-0.39, 0.29) is 23.6 Å². The van der Waals surface area contributed by atoms with Gasteiger partial charge in [0.1, 0.15) is 11.3 Å². The van der Waals surface area contributed by atoms with Crippen LogP contribution in [-0.4, -0.2) is 46.8 Å². The van der Waals surface area contributed by atoms with Crippen LogP contribution in [0.5, 0.6) is 5.75 Å². The minimum Gasteiger partial charge on any atom is -0.494 e. The van der Waals surface area contributed by atoms with Gasteiger partial charge in [-0.05, 0) is 54.7 Å². The topological polar surface area (TPSA) is 104 Å². The van der Waals surface area contributed by atoms with Gasteiger partial charge >= 0.3 is 0 Å². The van der Waals surface area contributed by atoms with E-state index < -0.39 is 11.7 Å². The van der Waals surface area contributed by atoms with Crippen molar-refractivity contribution in [3.63, 3.8) is 0 Å². The Morgan fingerprint density at radius 3 is 2.73 bits per heavy atom. The molecule has 0 spiro atoms. The van der Waals surface area contributed by atoms with Gasteiger partial charge in [-0.2, -0.15) is 0 Å². The van der Waals surface area contributed by atoms with Crippen LogP contribution in [0.15, 0.2) is 73.4 Å². The number of aromatic nitrogens is 7. The number of carbonyl (C=O) groups is 1. The van der Waals surface area contributed by atoms with Crippen LogP contribution in [-0.2, 0) is 13.1 Å². The van der Waals surface area contributed by atoms with E-state index in [1.165, 1.54) is 25.5 Å². The maximum Gasteiger partial charge on any atom is 0.273 e. The Kier molecular flexibility index (Phi) is 5.76. The van der Waals surface area contributed by atoms with Gasteiger partial charge < -0.3 is 18.9 Å². The molecule has 6 aromatic rings. The summed E-state index contributed by atoms with van der Waals surface area (Å²) in [6.07, 6.45) is 11.8. The van der Waals surface area contributed by atoms with Gasteiger partial charge in [-0.25, -0.2) is 19.0 Å². The molecule has 1 amide bonds. The number of imidazole rings is 2. The molecule has 1 N–H and O–H groups in total. The van der Waals surface area contributed by atoms with Crippen LogP contribution in [0.1, 0.15) is 46.1 Å². The van der Waals surface area contributed by atoms with E-state index in [9.17, 15) is 4.79 Å². The van der Waals surface area contributed by atoms with Crippen LogP contribution in [0.3, 0.4) is 0 Å². The predicted molar refractivity (Wildman–Crippen MR) is 145 cm³/mol. The van der Waals surface area contributed by atoms with Crippen molar-refractivity contribution in [2.24, 2.45) is 0 Å². The highest BCUT2D eigenvalue weighted by Crippen LogP contribution is 2.40. The van der Waals surface area contributed by atoms with Crippen molar-refractivity contribution in [3.05, 3.63) is 102 Å². The lowest BCUT2D eigenvalue weighted by atomic mass is 10.0. The Hall–Kier alpha value is -5.06. The zero-order valence-electron chi connectivity index (χ0n) is 21.7. The molecule has 0 atom stereocenters. The van der Waals surface area contributed by atoms with E-state index >= 15 is 4.39 Å². The number of pyridine rings is 2. The van der Waals surface area contributed by atoms with Gasteiger partial charge in [0.2, 0.25) is 0 Å². The molecule has 5 aromatic heterocycles. The molecule has 0 bridgehead atoms. The van der Waals surface area contributed by atoms with Gasteiger partial charge in [0.25, 0.3) is 5.91 Å². The number of hydrogen-bond donors (Lipinski definition) is 1. The first-order valence-corrected chi connectivity index (χ1v) is 13.0. The molecule has 0 radical (unpaired) electrons. The van der Waals surface area contributed by atoms with Gasteiger partial charge in [-0.1, -0.05) is 17.3 Å². The summed E-state index contributed by atoms with van der Waals surface area (Å²) in [6, 6.07) is 13.1. The highest BCUT2D eigenvalue weighted by Gasteiger charge is 2.24. The number of amides is 1. The minimum absolute atomic E-state index is 0.0828. The van der Waals surface area contributed by atoms with E-state index in [0.29, 0.717) is 23.7 Å². The lowest BCUT2D eigenvalue weighted by molar-refractivity contribution is 0.0945. The van der Waals surface area contributed by atoms with Gasteiger partial charge in [-0.3, -0.25) is 4.79 Å². The van der Waals surface area contributed by atoms with Crippen molar-refractivity contribution in [2.75, 3.05) is 7.11 Å². The normalized spacial score (nSPS) is 13.2. The number of hydrogen-bond acceptors (Lipinski definition) is 6. The fourth-order valence-corrected chi connectivity index (χ4v) is 4.94. The largest absolute Gasteiger partial charge is 0.494 e. The first-order chi connectivity index (χ1) is 19.6. The summed E-state index contributed by atoms with van der Waals surface area (Å²) in [5, 5.41) is 10.9. The van der Waals surface area contributed by atoms with Crippen LogP contribution < -0.4 is 10.1 Å². The molecule has 1 aliphatic carbocycles. The molecule has 1 saturated carbocycles. The Balaban J connectivity index is 1.09. The first kappa shape index (κ1) is 24.0. The van der Waals surface area contributed by atoms with Crippen molar-refractivity contribution < 1.29 is 13.9 Å². The van der Waals surface area contributed by atoms with E-state index in [0.717, 1.165) is 17.0 Å². The lowest BCUT2D eigenvalue weighted by Gasteiger charge is -2.12. The zero-order valence-corrected chi connectivity index (χ0v) is 21.7. The van der Waals surface area contributed by atoms with Crippen LogP contribution in [0.2, 0.25) is 0 Å². The predicted octanol–water partition coefficient (Wildman–Crippen LogP) is 4.24. The summed E-state index contributed by atoms with van der Waals surface area (Å²) in [5.41, 5.74) is 5.25. The molecule has 0 aliphatic heterocycles. The lowest BCUT2D eigenvalue weighted by Crippen LogP contribution is -2.24. The molecule has 1 fully saturated rings. The third-order valence-electron chi connectivity index (χ3n) is 7.16. The zero-order chi connectivity index (χ0) is 27.2. The second-order valence-electron chi connectivity index (χ2n) is 9.92. The van der Waals surface area contributed by atoms with Crippen LogP contribution in [0.25, 0.3) is 22.6 Å². The number of rotatable bonds is 8. The van der Waals surface area contributed by atoms with Gasteiger partial charge in [0, 0.05) is 42.5 Å². The van der Waals surface area contributed by atoms with Gasteiger partial charge in [0.05, 0.1) is 31.2 Å². The summed E-state index contributed by atoms with van der Waals surface area (Å²) < 4.78 is 26.0. The highest BCUT2D eigenvalue weighted by molar-refractivity contribution is 5.92. The first-order valence-electron chi connectivity index (χ1n) is 13.0. The molecule has 10 nitrogen and oxygen atoms in total. The van der Waals surface area contributed by atoms with Gasteiger partial charge in [-0.15, -0.1) is 5.10 Å². The highest BCUT2D eigenvalue weighted by atomic mass is 19.1.